The highest BCUT2D eigenvalue weighted by Gasteiger charge is 2.22. The van der Waals surface area contributed by atoms with Gasteiger partial charge in [0.1, 0.15) is 0 Å². The number of ether oxygens (including phenoxy) is 1. The number of nitrogens with zero attached hydrogens (tertiary/aromatic N) is 1. The smallest absolute Gasteiger partial charge is 0.226 e. The predicted molar refractivity (Wildman–Crippen MR) is 54.8 cm³/mol. The molecule has 1 amide bonds. The summed E-state index contributed by atoms with van der Waals surface area (Å²) in [6.07, 6.45) is 1.07. The summed E-state index contributed by atoms with van der Waals surface area (Å²) in [5, 5.41) is 0. The van der Waals surface area contributed by atoms with Crippen molar-refractivity contribution in [3.8, 4) is 0 Å². The minimum Gasteiger partial charge on any atom is -0.377 e. The summed E-state index contributed by atoms with van der Waals surface area (Å²) < 4.78 is 5.47. The van der Waals surface area contributed by atoms with Crippen LogP contribution in [0.3, 0.4) is 0 Å². The van der Waals surface area contributed by atoms with Crippen LogP contribution in [-0.4, -0.2) is 43.2 Å². The number of nitrogens with two attached hydrogens (primary N) is 1. The zero-order valence-corrected chi connectivity index (χ0v) is 9.03. The number of rotatable bonds is 2. The van der Waals surface area contributed by atoms with E-state index in [1.807, 2.05) is 18.7 Å². The van der Waals surface area contributed by atoms with E-state index in [0.717, 1.165) is 19.6 Å². The van der Waals surface area contributed by atoms with E-state index >= 15 is 0 Å². The molecule has 82 valence electrons. The fourth-order valence-corrected chi connectivity index (χ4v) is 1.61. The SMILES string of the molecule is CC1CN(C(=O)C(C)CN)CCCO1. The molecule has 0 aliphatic carbocycles. The average molecular weight is 200 g/mol. The van der Waals surface area contributed by atoms with Gasteiger partial charge in [0.25, 0.3) is 0 Å². The quantitative estimate of drug-likeness (QED) is 0.693. The van der Waals surface area contributed by atoms with Crippen molar-refractivity contribution in [1.82, 2.24) is 4.90 Å². The Labute approximate surface area is 85.4 Å². The van der Waals surface area contributed by atoms with Gasteiger partial charge in [-0.3, -0.25) is 4.79 Å². The van der Waals surface area contributed by atoms with Crippen molar-refractivity contribution in [1.29, 1.82) is 0 Å². The lowest BCUT2D eigenvalue weighted by Gasteiger charge is -2.24. The summed E-state index contributed by atoms with van der Waals surface area (Å²) in [6, 6.07) is 0. The average Bonchev–Trinajstić information content (AvgIpc) is 2.40. The summed E-state index contributed by atoms with van der Waals surface area (Å²) in [4.78, 5) is 13.7. The standard InChI is InChI=1S/C10H20N2O2/c1-8(6-11)10(13)12-4-3-5-14-9(2)7-12/h8-9H,3-7,11H2,1-2H3. The number of carbonyl (C=O) groups is 1. The first-order valence-electron chi connectivity index (χ1n) is 5.25. The Hall–Kier alpha value is -0.610. The molecule has 0 aromatic heterocycles. The fraction of sp³-hybridized carbons (Fsp3) is 0.900. The van der Waals surface area contributed by atoms with Crippen molar-refractivity contribution >= 4 is 5.91 Å². The second-order valence-electron chi connectivity index (χ2n) is 3.96. The maximum atomic E-state index is 11.8. The first kappa shape index (κ1) is 11.5. The summed E-state index contributed by atoms with van der Waals surface area (Å²) in [5.41, 5.74) is 5.47. The van der Waals surface area contributed by atoms with Crippen LogP contribution in [0.5, 0.6) is 0 Å². The van der Waals surface area contributed by atoms with E-state index in [0.29, 0.717) is 13.1 Å². The van der Waals surface area contributed by atoms with Crippen molar-refractivity contribution in [2.45, 2.75) is 26.4 Å². The molecule has 4 heteroatoms. The molecule has 4 nitrogen and oxygen atoms in total. The Morgan fingerprint density at radius 3 is 3.07 bits per heavy atom. The predicted octanol–water partition coefficient (Wildman–Crippen LogP) is 0.219. The molecule has 0 radical (unpaired) electrons. The van der Waals surface area contributed by atoms with Crippen LogP contribution >= 0.6 is 0 Å². The van der Waals surface area contributed by atoms with Gasteiger partial charge in [0, 0.05) is 32.2 Å². The van der Waals surface area contributed by atoms with E-state index < -0.39 is 0 Å². The molecule has 0 aromatic rings. The van der Waals surface area contributed by atoms with Crippen molar-refractivity contribution < 1.29 is 9.53 Å². The zero-order chi connectivity index (χ0) is 10.6. The van der Waals surface area contributed by atoms with Gasteiger partial charge in [-0.05, 0) is 13.3 Å². The van der Waals surface area contributed by atoms with E-state index in [2.05, 4.69) is 0 Å². The number of carbonyl (C=O) groups excluding carboxylic acids is 1. The largest absolute Gasteiger partial charge is 0.377 e. The highest BCUT2D eigenvalue weighted by molar-refractivity contribution is 5.78. The summed E-state index contributed by atoms with van der Waals surface area (Å²) in [5.74, 6) is 0.0881. The van der Waals surface area contributed by atoms with E-state index in [1.54, 1.807) is 0 Å². The topological polar surface area (TPSA) is 55.6 Å². The molecule has 1 saturated heterocycles. The first-order valence-corrected chi connectivity index (χ1v) is 5.25. The molecule has 0 saturated carbocycles. The molecule has 0 aromatic carbocycles. The van der Waals surface area contributed by atoms with Crippen LogP contribution in [0.15, 0.2) is 0 Å². The molecular weight excluding hydrogens is 180 g/mol. The van der Waals surface area contributed by atoms with Crippen LogP contribution in [0.25, 0.3) is 0 Å². The van der Waals surface area contributed by atoms with Crippen LogP contribution in [0.2, 0.25) is 0 Å². The summed E-state index contributed by atoms with van der Waals surface area (Å²) >= 11 is 0. The lowest BCUT2D eigenvalue weighted by molar-refractivity contribution is -0.135. The van der Waals surface area contributed by atoms with Crippen LogP contribution in [0.4, 0.5) is 0 Å². The minimum absolute atomic E-state index is 0.0692. The maximum absolute atomic E-state index is 11.8. The fourth-order valence-electron chi connectivity index (χ4n) is 1.61. The van der Waals surface area contributed by atoms with Gasteiger partial charge in [-0.2, -0.15) is 0 Å². The normalized spacial score (nSPS) is 25.6. The Bertz CT molecular complexity index is 197. The van der Waals surface area contributed by atoms with Gasteiger partial charge in [0.2, 0.25) is 5.91 Å². The second-order valence-corrected chi connectivity index (χ2v) is 3.96. The van der Waals surface area contributed by atoms with Crippen molar-refractivity contribution in [2.75, 3.05) is 26.2 Å². The van der Waals surface area contributed by atoms with Gasteiger partial charge < -0.3 is 15.4 Å². The highest BCUT2D eigenvalue weighted by Crippen LogP contribution is 2.09. The van der Waals surface area contributed by atoms with Crippen LogP contribution in [-0.2, 0) is 9.53 Å². The monoisotopic (exact) mass is 200 g/mol. The van der Waals surface area contributed by atoms with Gasteiger partial charge in [-0.1, -0.05) is 6.92 Å². The van der Waals surface area contributed by atoms with Crippen LogP contribution in [0.1, 0.15) is 20.3 Å². The molecule has 1 aliphatic heterocycles. The van der Waals surface area contributed by atoms with Crippen molar-refractivity contribution in [3.63, 3.8) is 0 Å². The first-order chi connectivity index (χ1) is 6.65. The number of hydrogen-bond donors (Lipinski definition) is 1. The van der Waals surface area contributed by atoms with E-state index in [9.17, 15) is 4.79 Å². The lowest BCUT2D eigenvalue weighted by atomic mass is 10.1. The molecule has 1 rings (SSSR count). The third kappa shape index (κ3) is 2.96. The van der Waals surface area contributed by atoms with Gasteiger partial charge in [-0.25, -0.2) is 0 Å². The molecule has 14 heavy (non-hydrogen) atoms. The van der Waals surface area contributed by atoms with Gasteiger partial charge >= 0.3 is 0 Å². The summed E-state index contributed by atoms with van der Waals surface area (Å²) in [7, 11) is 0. The molecule has 2 unspecified atom stereocenters. The maximum Gasteiger partial charge on any atom is 0.226 e. The second kappa shape index (κ2) is 5.32. The Morgan fingerprint density at radius 1 is 1.71 bits per heavy atom. The Kier molecular flexibility index (Phi) is 4.35. The lowest BCUT2D eigenvalue weighted by Crippen LogP contribution is -2.41. The molecular formula is C10H20N2O2. The number of hydrogen-bond acceptors (Lipinski definition) is 3. The van der Waals surface area contributed by atoms with E-state index in [4.69, 9.17) is 10.5 Å². The van der Waals surface area contributed by atoms with Crippen molar-refractivity contribution in [2.24, 2.45) is 11.7 Å². The van der Waals surface area contributed by atoms with E-state index in [1.165, 1.54) is 0 Å². The molecule has 0 spiro atoms. The molecule has 0 bridgehead atoms. The summed E-state index contributed by atoms with van der Waals surface area (Å²) in [6.45, 7) is 6.54. The molecule has 2 N–H and O–H groups in total. The molecule has 1 aliphatic rings. The Morgan fingerprint density at radius 2 is 2.43 bits per heavy atom. The third-order valence-electron chi connectivity index (χ3n) is 2.54. The van der Waals surface area contributed by atoms with Gasteiger partial charge in [-0.15, -0.1) is 0 Å². The number of amides is 1. The zero-order valence-electron chi connectivity index (χ0n) is 9.03. The van der Waals surface area contributed by atoms with Crippen LogP contribution in [0, 0.1) is 5.92 Å². The Balaban J connectivity index is 2.52. The van der Waals surface area contributed by atoms with Gasteiger partial charge in [0.05, 0.1) is 6.10 Å². The van der Waals surface area contributed by atoms with Gasteiger partial charge in [0.15, 0.2) is 0 Å². The third-order valence-corrected chi connectivity index (χ3v) is 2.54. The van der Waals surface area contributed by atoms with Crippen molar-refractivity contribution in [3.05, 3.63) is 0 Å². The molecule has 1 heterocycles. The molecule has 2 atom stereocenters. The van der Waals surface area contributed by atoms with E-state index in [-0.39, 0.29) is 17.9 Å². The molecule has 1 fully saturated rings. The minimum atomic E-state index is -0.0692. The highest BCUT2D eigenvalue weighted by atomic mass is 16.5. The van der Waals surface area contributed by atoms with Crippen LogP contribution < -0.4 is 5.73 Å².